The standard InChI is InChI=1S/C12H17BrN2O2S/c1-12(2)6-3-7-15(12)18(16,17)9-4-5-10(13)11(14)8-9/h4-5,8H,3,6-7,14H2,1-2H3. The second-order valence-electron chi connectivity index (χ2n) is 5.18. The molecule has 1 fully saturated rings. The Labute approximate surface area is 116 Å². The normalized spacial score (nSPS) is 20.2. The Hall–Kier alpha value is -0.590. The molecule has 1 aliphatic rings. The molecule has 0 spiro atoms. The van der Waals surface area contributed by atoms with E-state index in [1.165, 1.54) is 6.07 Å². The number of halogens is 1. The van der Waals surface area contributed by atoms with Crippen molar-refractivity contribution < 1.29 is 8.42 Å². The van der Waals surface area contributed by atoms with E-state index in [4.69, 9.17) is 5.73 Å². The van der Waals surface area contributed by atoms with Crippen molar-refractivity contribution in [2.45, 2.75) is 37.1 Å². The van der Waals surface area contributed by atoms with E-state index in [0.29, 0.717) is 16.7 Å². The monoisotopic (exact) mass is 332 g/mol. The Kier molecular flexibility index (Phi) is 3.46. The Bertz CT molecular complexity index is 569. The first-order valence-electron chi connectivity index (χ1n) is 5.83. The molecule has 0 atom stereocenters. The van der Waals surface area contributed by atoms with Gasteiger partial charge in [-0.3, -0.25) is 0 Å². The van der Waals surface area contributed by atoms with Crippen molar-refractivity contribution in [3.05, 3.63) is 22.7 Å². The summed E-state index contributed by atoms with van der Waals surface area (Å²) in [6, 6.07) is 4.77. The molecule has 0 aliphatic carbocycles. The van der Waals surface area contributed by atoms with E-state index in [1.54, 1.807) is 16.4 Å². The number of rotatable bonds is 2. The van der Waals surface area contributed by atoms with Crippen LogP contribution in [0.5, 0.6) is 0 Å². The van der Waals surface area contributed by atoms with Crippen LogP contribution in [0.3, 0.4) is 0 Å². The molecule has 0 radical (unpaired) electrons. The van der Waals surface area contributed by atoms with Crippen LogP contribution in [0.2, 0.25) is 0 Å². The molecule has 18 heavy (non-hydrogen) atoms. The van der Waals surface area contributed by atoms with E-state index < -0.39 is 10.0 Å². The quantitative estimate of drug-likeness (QED) is 0.846. The van der Waals surface area contributed by atoms with Crippen molar-refractivity contribution in [2.75, 3.05) is 12.3 Å². The summed E-state index contributed by atoms with van der Waals surface area (Å²) in [5.41, 5.74) is 5.87. The van der Waals surface area contributed by atoms with Crippen molar-refractivity contribution >= 4 is 31.6 Å². The van der Waals surface area contributed by atoms with Gasteiger partial charge in [-0.15, -0.1) is 0 Å². The molecule has 4 nitrogen and oxygen atoms in total. The van der Waals surface area contributed by atoms with Gasteiger partial charge in [0.05, 0.1) is 4.90 Å². The fraction of sp³-hybridized carbons (Fsp3) is 0.500. The van der Waals surface area contributed by atoms with Crippen LogP contribution in [-0.4, -0.2) is 24.8 Å². The fourth-order valence-electron chi connectivity index (χ4n) is 2.34. The smallest absolute Gasteiger partial charge is 0.243 e. The minimum atomic E-state index is -3.45. The van der Waals surface area contributed by atoms with Crippen LogP contribution in [0.1, 0.15) is 26.7 Å². The van der Waals surface area contributed by atoms with Gasteiger partial charge < -0.3 is 5.73 Å². The summed E-state index contributed by atoms with van der Waals surface area (Å²) in [5.74, 6) is 0. The molecule has 0 saturated carbocycles. The number of anilines is 1. The molecule has 0 bridgehead atoms. The molecular formula is C12H17BrN2O2S. The summed E-state index contributed by atoms with van der Waals surface area (Å²) in [6.07, 6.45) is 1.79. The first-order chi connectivity index (χ1) is 8.25. The summed E-state index contributed by atoms with van der Waals surface area (Å²) in [4.78, 5) is 0.262. The average Bonchev–Trinajstić information content (AvgIpc) is 2.62. The van der Waals surface area contributed by atoms with Gasteiger partial charge in [0, 0.05) is 22.2 Å². The van der Waals surface area contributed by atoms with Crippen LogP contribution in [0.15, 0.2) is 27.6 Å². The van der Waals surface area contributed by atoms with Crippen molar-refractivity contribution in [2.24, 2.45) is 0 Å². The molecule has 1 aromatic carbocycles. The number of benzene rings is 1. The van der Waals surface area contributed by atoms with Crippen LogP contribution in [-0.2, 0) is 10.0 Å². The number of nitrogen functional groups attached to an aromatic ring is 1. The Morgan fingerprint density at radius 1 is 1.39 bits per heavy atom. The molecular weight excluding hydrogens is 316 g/mol. The molecule has 1 aliphatic heterocycles. The zero-order chi connectivity index (χ0) is 13.6. The SMILES string of the molecule is CC1(C)CCCN1S(=O)(=O)c1ccc(Br)c(N)c1. The molecule has 0 amide bonds. The van der Waals surface area contributed by atoms with Crippen LogP contribution in [0, 0.1) is 0 Å². The highest BCUT2D eigenvalue weighted by atomic mass is 79.9. The summed E-state index contributed by atoms with van der Waals surface area (Å²) in [6.45, 7) is 4.49. The highest BCUT2D eigenvalue weighted by molar-refractivity contribution is 9.10. The third kappa shape index (κ3) is 2.29. The molecule has 1 heterocycles. The predicted octanol–water partition coefficient (Wildman–Crippen LogP) is 2.59. The summed E-state index contributed by atoms with van der Waals surface area (Å²) < 4.78 is 27.4. The van der Waals surface area contributed by atoms with Crippen LogP contribution < -0.4 is 5.73 Å². The van der Waals surface area contributed by atoms with Gasteiger partial charge in [-0.2, -0.15) is 4.31 Å². The van der Waals surface area contributed by atoms with Gasteiger partial charge in [-0.1, -0.05) is 0 Å². The van der Waals surface area contributed by atoms with Crippen molar-refractivity contribution in [1.82, 2.24) is 4.31 Å². The maximum Gasteiger partial charge on any atom is 0.243 e. The van der Waals surface area contributed by atoms with Gasteiger partial charge in [0.1, 0.15) is 0 Å². The van der Waals surface area contributed by atoms with Crippen molar-refractivity contribution in [3.63, 3.8) is 0 Å². The third-order valence-electron chi connectivity index (χ3n) is 3.38. The molecule has 0 aromatic heterocycles. The van der Waals surface area contributed by atoms with E-state index in [2.05, 4.69) is 15.9 Å². The van der Waals surface area contributed by atoms with Gasteiger partial charge in [-0.25, -0.2) is 8.42 Å². The van der Waals surface area contributed by atoms with E-state index in [0.717, 1.165) is 12.8 Å². The average molecular weight is 333 g/mol. The lowest BCUT2D eigenvalue weighted by Gasteiger charge is -2.30. The molecule has 2 rings (SSSR count). The van der Waals surface area contributed by atoms with E-state index in [-0.39, 0.29) is 10.4 Å². The zero-order valence-electron chi connectivity index (χ0n) is 10.5. The summed E-state index contributed by atoms with van der Waals surface area (Å²) >= 11 is 3.27. The van der Waals surface area contributed by atoms with Crippen molar-refractivity contribution in [1.29, 1.82) is 0 Å². The van der Waals surface area contributed by atoms with Gasteiger partial charge in [0.15, 0.2) is 0 Å². The maximum absolute atomic E-state index is 12.6. The maximum atomic E-state index is 12.6. The first kappa shape index (κ1) is 13.8. The van der Waals surface area contributed by atoms with Gasteiger partial charge in [0.2, 0.25) is 10.0 Å². The van der Waals surface area contributed by atoms with Gasteiger partial charge in [0.25, 0.3) is 0 Å². The Morgan fingerprint density at radius 2 is 2.06 bits per heavy atom. The van der Waals surface area contributed by atoms with Crippen LogP contribution >= 0.6 is 15.9 Å². The fourth-order valence-corrected chi connectivity index (χ4v) is 4.47. The minimum absolute atomic E-state index is 0.262. The lowest BCUT2D eigenvalue weighted by molar-refractivity contribution is 0.292. The molecule has 6 heteroatoms. The number of nitrogens with zero attached hydrogens (tertiary/aromatic N) is 1. The molecule has 1 aromatic rings. The zero-order valence-corrected chi connectivity index (χ0v) is 12.9. The first-order valence-corrected chi connectivity index (χ1v) is 8.06. The predicted molar refractivity (Wildman–Crippen MR) is 75.8 cm³/mol. The van der Waals surface area contributed by atoms with Crippen LogP contribution in [0.25, 0.3) is 0 Å². The van der Waals surface area contributed by atoms with E-state index >= 15 is 0 Å². The molecule has 0 unspecified atom stereocenters. The summed E-state index contributed by atoms with van der Waals surface area (Å²) in [7, 11) is -3.45. The Balaban J connectivity index is 2.45. The largest absolute Gasteiger partial charge is 0.398 e. The highest BCUT2D eigenvalue weighted by Gasteiger charge is 2.40. The molecule has 2 N–H and O–H groups in total. The van der Waals surface area contributed by atoms with Crippen molar-refractivity contribution in [3.8, 4) is 0 Å². The number of hydrogen-bond donors (Lipinski definition) is 1. The van der Waals surface area contributed by atoms with E-state index in [1.807, 2.05) is 13.8 Å². The van der Waals surface area contributed by atoms with Gasteiger partial charge in [-0.05, 0) is 60.8 Å². The lowest BCUT2D eigenvalue weighted by atomic mass is 10.0. The highest BCUT2D eigenvalue weighted by Crippen LogP contribution is 2.35. The second-order valence-corrected chi connectivity index (χ2v) is 7.89. The van der Waals surface area contributed by atoms with Crippen LogP contribution in [0.4, 0.5) is 5.69 Å². The number of hydrogen-bond acceptors (Lipinski definition) is 3. The Morgan fingerprint density at radius 3 is 2.56 bits per heavy atom. The van der Waals surface area contributed by atoms with E-state index in [9.17, 15) is 8.42 Å². The second kappa shape index (κ2) is 4.51. The summed E-state index contributed by atoms with van der Waals surface area (Å²) in [5, 5.41) is 0. The lowest BCUT2D eigenvalue weighted by Crippen LogP contribution is -2.42. The third-order valence-corrected chi connectivity index (χ3v) is 6.21. The molecule has 100 valence electrons. The van der Waals surface area contributed by atoms with Gasteiger partial charge >= 0.3 is 0 Å². The number of nitrogens with two attached hydrogens (primary N) is 1. The number of sulfonamides is 1. The molecule has 1 saturated heterocycles. The topological polar surface area (TPSA) is 63.4 Å². The minimum Gasteiger partial charge on any atom is -0.398 e.